The minimum Gasteiger partial charge on any atom is -0.385 e. The Morgan fingerprint density at radius 1 is 1.28 bits per heavy atom. The van der Waals surface area contributed by atoms with Crippen molar-refractivity contribution in [1.82, 2.24) is 10.6 Å². The SMILES string of the molecule is COCCCNCCCc1ccc(Cl)c(C(=O)NCC2=C=C3CCCC(C3)C2)c1. The van der Waals surface area contributed by atoms with Gasteiger partial charge in [0.15, 0.2) is 0 Å². The maximum Gasteiger partial charge on any atom is 0.253 e. The maximum atomic E-state index is 12.7. The Balaban J connectivity index is 1.48. The molecule has 1 amide bonds. The first-order valence-electron chi connectivity index (χ1n) is 10.9. The fourth-order valence-electron chi connectivity index (χ4n) is 4.28. The number of carbonyl (C=O) groups is 1. The fourth-order valence-corrected chi connectivity index (χ4v) is 4.48. The van der Waals surface area contributed by atoms with E-state index in [0.29, 0.717) is 17.1 Å². The average molecular weight is 417 g/mol. The van der Waals surface area contributed by atoms with Gasteiger partial charge in [-0.25, -0.2) is 0 Å². The zero-order chi connectivity index (χ0) is 20.5. The molecule has 2 N–H and O–H groups in total. The number of benzene rings is 1. The summed E-state index contributed by atoms with van der Waals surface area (Å²) in [6.45, 7) is 3.29. The minimum atomic E-state index is -0.0930. The molecular formula is C24H33ClN2O2. The third-order valence-corrected chi connectivity index (χ3v) is 6.10. The lowest BCUT2D eigenvalue weighted by atomic mass is 9.78. The van der Waals surface area contributed by atoms with Gasteiger partial charge in [-0.1, -0.05) is 17.7 Å². The number of methoxy groups -OCH3 is 1. The van der Waals surface area contributed by atoms with Crippen molar-refractivity contribution in [1.29, 1.82) is 0 Å². The summed E-state index contributed by atoms with van der Waals surface area (Å²) in [6, 6.07) is 5.79. The molecule has 158 valence electrons. The highest BCUT2D eigenvalue weighted by Crippen LogP contribution is 2.35. The smallest absolute Gasteiger partial charge is 0.253 e. The van der Waals surface area contributed by atoms with Crippen LogP contribution in [0, 0.1) is 5.92 Å². The third kappa shape index (κ3) is 7.01. The van der Waals surface area contributed by atoms with Crippen LogP contribution in [0.1, 0.15) is 60.9 Å². The van der Waals surface area contributed by atoms with Crippen LogP contribution in [0.5, 0.6) is 0 Å². The van der Waals surface area contributed by atoms with E-state index in [1.165, 1.54) is 36.8 Å². The van der Waals surface area contributed by atoms with Gasteiger partial charge in [0.25, 0.3) is 5.91 Å². The number of carbonyl (C=O) groups excluding carboxylic acids is 1. The van der Waals surface area contributed by atoms with Crippen LogP contribution in [0.25, 0.3) is 0 Å². The topological polar surface area (TPSA) is 50.4 Å². The van der Waals surface area contributed by atoms with Crippen LogP contribution >= 0.6 is 11.6 Å². The van der Waals surface area contributed by atoms with Gasteiger partial charge >= 0.3 is 0 Å². The Morgan fingerprint density at radius 2 is 2.14 bits per heavy atom. The van der Waals surface area contributed by atoms with Gasteiger partial charge in [0, 0.05) is 20.3 Å². The van der Waals surface area contributed by atoms with E-state index in [1.807, 2.05) is 18.2 Å². The number of fused-ring (bicyclic) bond motifs is 2. The molecule has 29 heavy (non-hydrogen) atoms. The zero-order valence-corrected chi connectivity index (χ0v) is 18.2. The summed E-state index contributed by atoms with van der Waals surface area (Å²) in [7, 11) is 1.72. The largest absolute Gasteiger partial charge is 0.385 e. The molecule has 4 nitrogen and oxygen atoms in total. The summed E-state index contributed by atoms with van der Waals surface area (Å²) < 4.78 is 5.05. The molecule has 1 unspecified atom stereocenters. The lowest BCUT2D eigenvalue weighted by Gasteiger charge is -2.27. The van der Waals surface area contributed by atoms with Gasteiger partial charge < -0.3 is 15.4 Å². The Labute approximate surface area is 179 Å². The van der Waals surface area contributed by atoms with Crippen molar-refractivity contribution in [3.8, 4) is 0 Å². The van der Waals surface area contributed by atoms with Crippen molar-refractivity contribution in [3.05, 3.63) is 51.2 Å². The van der Waals surface area contributed by atoms with Crippen molar-refractivity contribution < 1.29 is 9.53 Å². The van der Waals surface area contributed by atoms with E-state index >= 15 is 0 Å². The second-order valence-electron chi connectivity index (χ2n) is 8.20. The van der Waals surface area contributed by atoms with Gasteiger partial charge in [0.2, 0.25) is 0 Å². The van der Waals surface area contributed by atoms with Crippen molar-refractivity contribution in [2.24, 2.45) is 5.92 Å². The summed E-state index contributed by atoms with van der Waals surface area (Å²) in [6.07, 6.45) is 9.00. The molecule has 3 rings (SSSR count). The van der Waals surface area contributed by atoms with Gasteiger partial charge in [-0.2, -0.15) is 0 Å². The maximum absolute atomic E-state index is 12.7. The van der Waals surface area contributed by atoms with E-state index in [1.54, 1.807) is 7.11 Å². The molecule has 5 heteroatoms. The molecule has 2 bridgehead atoms. The summed E-state index contributed by atoms with van der Waals surface area (Å²) >= 11 is 6.31. The van der Waals surface area contributed by atoms with E-state index in [0.717, 1.165) is 56.9 Å². The van der Waals surface area contributed by atoms with Crippen molar-refractivity contribution in [2.45, 2.75) is 51.4 Å². The number of aryl methyl sites for hydroxylation is 1. The van der Waals surface area contributed by atoms with Crippen LogP contribution < -0.4 is 10.6 Å². The first-order chi connectivity index (χ1) is 14.2. The molecule has 0 aromatic heterocycles. The summed E-state index contributed by atoms with van der Waals surface area (Å²) in [4.78, 5) is 12.7. The van der Waals surface area contributed by atoms with Gasteiger partial charge in [-0.05, 0) is 99.2 Å². The van der Waals surface area contributed by atoms with Gasteiger partial charge in [0.1, 0.15) is 0 Å². The molecule has 0 saturated heterocycles. The molecule has 1 saturated carbocycles. The third-order valence-electron chi connectivity index (χ3n) is 5.77. The zero-order valence-electron chi connectivity index (χ0n) is 17.5. The number of rotatable bonds is 11. The molecule has 1 aromatic rings. The second-order valence-corrected chi connectivity index (χ2v) is 8.60. The Kier molecular flexibility index (Phi) is 8.82. The molecule has 1 atom stereocenters. The first kappa shape index (κ1) is 22.1. The molecule has 0 heterocycles. The number of halogens is 1. The quantitative estimate of drug-likeness (QED) is 0.407. The van der Waals surface area contributed by atoms with Crippen LogP contribution in [0.4, 0.5) is 0 Å². The number of hydrogen-bond acceptors (Lipinski definition) is 3. The van der Waals surface area contributed by atoms with E-state index < -0.39 is 0 Å². The molecule has 1 aromatic carbocycles. The van der Waals surface area contributed by atoms with Crippen LogP contribution in [-0.2, 0) is 11.2 Å². The van der Waals surface area contributed by atoms with E-state index in [4.69, 9.17) is 16.3 Å². The summed E-state index contributed by atoms with van der Waals surface area (Å²) in [5.74, 6) is 0.659. The monoisotopic (exact) mass is 416 g/mol. The molecule has 0 radical (unpaired) electrons. The molecule has 2 aliphatic rings. The lowest BCUT2D eigenvalue weighted by Crippen LogP contribution is -2.27. The first-order valence-corrected chi connectivity index (χ1v) is 11.3. The van der Waals surface area contributed by atoms with Crippen molar-refractivity contribution in [2.75, 3.05) is 33.4 Å². The van der Waals surface area contributed by atoms with E-state index in [-0.39, 0.29) is 5.91 Å². The molecule has 2 aliphatic carbocycles. The van der Waals surface area contributed by atoms with Crippen LogP contribution in [-0.4, -0.2) is 39.3 Å². The lowest BCUT2D eigenvalue weighted by molar-refractivity contribution is 0.0956. The van der Waals surface area contributed by atoms with Gasteiger partial charge in [-0.15, -0.1) is 5.73 Å². The second kappa shape index (κ2) is 11.6. The Morgan fingerprint density at radius 3 is 2.97 bits per heavy atom. The number of amides is 1. The van der Waals surface area contributed by atoms with Crippen molar-refractivity contribution >= 4 is 17.5 Å². The summed E-state index contributed by atoms with van der Waals surface area (Å²) in [5, 5.41) is 6.99. The highest BCUT2D eigenvalue weighted by molar-refractivity contribution is 6.33. The Bertz CT molecular complexity index is 768. The van der Waals surface area contributed by atoms with E-state index in [9.17, 15) is 4.79 Å². The highest BCUT2D eigenvalue weighted by Gasteiger charge is 2.22. The van der Waals surface area contributed by atoms with E-state index in [2.05, 4.69) is 16.4 Å². The minimum absolute atomic E-state index is 0.0930. The standard InChI is InChI=1S/C24H33ClN2O2/c1-29-12-4-11-26-10-3-7-18-8-9-23(25)22(16-18)24(28)27-17-21-14-19-5-2-6-20(13-19)15-21/h8-9,16,19,26H,2-7,10-14,17H2,1H3,(H,27,28). The predicted octanol–water partition coefficient (Wildman–Crippen LogP) is 4.67. The van der Waals surface area contributed by atoms with Crippen LogP contribution in [0.15, 0.2) is 35.1 Å². The Hall–Kier alpha value is -1.58. The predicted molar refractivity (Wildman–Crippen MR) is 119 cm³/mol. The summed E-state index contributed by atoms with van der Waals surface area (Å²) in [5.41, 5.74) is 7.93. The highest BCUT2D eigenvalue weighted by atomic mass is 35.5. The number of nitrogens with one attached hydrogen (secondary N) is 2. The molecule has 1 fully saturated rings. The van der Waals surface area contributed by atoms with Crippen molar-refractivity contribution in [3.63, 3.8) is 0 Å². The van der Waals surface area contributed by atoms with Gasteiger partial charge in [-0.3, -0.25) is 4.79 Å². The average Bonchev–Trinajstić information content (AvgIpc) is 2.72. The number of hydrogen-bond donors (Lipinski definition) is 2. The fraction of sp³-hybridized carbons (Fsp3) is 0.583. The molecule has 0 aliphatic heterocycles. The van der Waals surface area contributed by atoms with Crippen LogP contribution in [0.3, 0.4) is 0 Å². The normalized spacial score (nSPS) is 18.2. The molecular weight excluding hydrogens is 384 g/mol. The molecule has 0 spiro atoms. The van der Waals surface area contributed by atoms with Crippen LogP contribution in [0.2, 0.25) is 5.02 Å². The number of ether oxygens (including phenoxy) is 1. The van der Waals surface area contributed by atoms with Gasteiger partial charge in [0.05, 0.1) is 10.6 Å².